The molecule has 4 aromatic carbocycles. The number of aryl methyl sites for hydroxylation is 4. The molecule has 26 heteroatoms. The van der Waals surface area contributed by atoms with E-state index in [1.165, 1.54) is 47.9 Å². The summed E-state index contributed by atoms with van der Waals surface area (Å²) in [5, 5.41) is 35.9. The van der Waals surface area contributed by atoms with Crippen LogP contribution in [0.4, 0.5) is 23.3 Å². The molecule has 4 saturated heterocycles. The van der Waals surface area contributed by atoms with Crippen molar-refractivity contribution in [2.75, 3.05) is 139 Å². The third-order valence-electron chi connectivity index (χ3n) is 23.8. The highest BCUT2D eigenvalue weighted by Gasteiger charge is 2.45. The summed E-state index contributed by atoms with van der Waals surface area (Å²) in [6.45, 7) is 32.4. The number of hydrogen-bond acceptors (Lipinski definition) is 22. The van der Waals surface area contributed by atoms with E-state index in [1.807, 2.05) is 97.8 Å². The minimum atomic E-state index is 0. The number of ether oxygens (including phenoxy) is 4. The third-order valence-corrected chi connectivity index (χ3v) is 23.8. The maximum atomic E-state index is 6.42. The van der Waals surface area contributed by atoms with E-state index in [-0.39, 0.29) is 19.1 Å². The first-order valence-corrected chi connectivity index (χ1v) is 40.5. The Hall–Kier alpha value is -10.5. The topological polar surface area (TPSA) is 234 Å². The summed E-state index contributed by atoms with van der Waals surface area (Å²) in [5.41, 5.74) is 17.0. The van der Waals surface area contributed by atoms with Crippen LogP contribution in [0.2, 0.25) is 0 Å². The number of nitrogens with one attached hydrogen (secondary N) is 5. The van der Waals surface area contributed by atoms with Crippen molar-refractivity contribution in [1.29, 1.82) is 0 Å². The molecule has 113 heavy (non-hydrogen) atoms. The smallest absolute Gasteiger partial charge is 0.165 e. The molecule has 20 bridgehead atoms. The van der Waals surface area contributed by atoms with Crippen LogP contribution in [0.25, 0.3) is 67.2 Å². The van der Waals surface area contributed by atoms with Gasteiger partial charge in [-0.1, -0.05) is 31.7 Å². The predicted molar refractivity (Wildman–Crippen MR) is 446 cm³/mol. The van der Waals surface area contributed by atoms with Crippen LogP contribution in [-0.2, 0) is 0 Å². The number of nitrogens with zero attached hydrogens (tertiary/aromatic N) is 17. The van der Waals surface area contributed by atoms with E-state index in [4.69, 9.17) is 39.0 Å². The van der Waals surface area contributed by atoms with Crippen molar-refractivity contribution < 1.29 is 18.9 Å². The molecule has 1 saturated carbocycles. The lowest BCUT2D eigenvalue weighted by atomic mass is 9.95. The van der Waals surface area contributed by atoms with Gasteiger partial charge in [0.05, 0.1) is 42.6 Å². The van der Waals surface area contributed by atoms with Gasteiger partial charge in [-0.2, -0.15) is 15.3 Å². The number of piperazine rings is 2. The summed E-state index contributed by atoms with van der Waals surface area (Å²) < 4.78 is 32.5. The Morgan fingerprint density at radius 3 is 1.67 bits per heavy atom. The van der Waals surface area contributed by atoms with Crippen LogP contribution >= 0.6 is 0 Å². The van der Waals surface area contributed by atoms with E-state index in [0.717, 1.165) is 231 Å². The minimum Gasteiger partial charge on any atom is -0.492 e. The van der Waals surface area contributed by atoms with Gasteiger partial charge in [0.25, 0.3) is 0 Å². The van der Waals surface area contributed by atoms with Crippen LogP contribution in [0.5, 0.6) is 23.0 Å². The van der Waals surface area contributed by atoms with Crippen molar-refractivity contribution in [3.8, 4) is 67.6 Å². The summed E-state index contributed by atoms with van der Waals surface area (Å²) >= 11 is 0. The highest BCUT2D eigenvalue weighted by atomic mass is 16.5. The molecular weight excluding hydrogens is 1420 g/mol. The normalized spacial score (nSPS) is 22.8. The second-order valence-electron chi connectivity index (χ2n) is 32.5. The van der Waals surface area contributed by atoms with Crippen LogP contribution in [0.3, 0.4) is 0 Å². The number of aromatic nitrogens is 12. The average Bonchev–Trinajstić information content (AvgIpc) is 1.72. The summed E-state index contributed by atoms with van der Waals surface area (Å²) in [7, 11) is 0. The Morgan fingerprint density at radius 1 is 0.469 bits per heavy atom. The van der Waals surface area contributed by atoms with Gasteiger partial charge in [0.1, 0.15) is 72.2 Å². The molecule has 0 amide bonds. The fourth-order valence-electron chi connectivity index (χ4n) is 17.4. The average molecular weight is 1530 g/mol. The zero-order valence-corrected chi connectivity index (χ0v) is 65.5. The maximum Gasteiger partial charge on any atom is 0.165 e. The maximum absolute atomic E-state index is 6.42. The Morgan fingerprint density at radius 2 is 1.03 bits per heavy atom. The monoisotopic (exact) mass is 1520 g/mol. The van der Waals surface area contributed by atoms with Gasteiger partial charge in [0, 0.05) is 156 Å². The van der Waals surface area contributed by atoms with Crippen molar-refractivity contribution >= 4 is 45.9 Å². The number of rotatable bonds is 1. The lowest BCUT2D eigenvalue weighted by Crippen LogP contribution is -2.65. The molecule has 16 heterocycles. The standard InChI is InChI=1S/C25H32N6O.C21H26N6O.C21H25N5O.C19H21N5O.CH4/c1-17-4-7-20-12-21(17)22-13-27-31-10-8-23(28-24(22)31)26-9-11-29-16-25(2,3)30(18-5-6-18)14-19(29)15-32-20;1-14-3-4-17-9-18(14)19-11-24-27-7-5-20(25-21(19)27)22-6-8-26-12-15(2)23-10-16(26)13-28-17;1-15-5-6-16-12-18(15)19-13-23-21-8-7-20(24-26(19)21)22-9-11-25-10-3-2-4-17(14-25)27-16;1-13-2-3-15-10-16(13)17-11-20-24-7-5-18(22-19(17)24)21-14-4-6-23(12-14)8-9-25-15;/h4,7-8,10,12-13,18-19H,5-6,9,11,14-16H2,1-3H3,(H,26,28);3-5,7,9,11,15-16,23H,6,8,10,12-13H2,1-2H3,(H,22,25);5-8,12-13,17H,2-4,9-11,14H2,1H3,(H,22,24);2-3,5,7,10-11,14H,4,6,8-9,12H2,1H3,(H,21,22);1H4/t19-;15-,16+;17-;14-;/m0111./s1. The van der Waals surface area contributed by atoms with Crippen molar-refractivity contribution in [3.63, 3.8) is 0 Å². The number of imidazole rings is 1. The summed E-state index contributed by atoms with van der Waals surface area (Å²) in [4.78, 5) is 31.9. The highest BCUT2D eigenvalue weighted by molar-refractivity contribution is 5.83. The van der Waals surface area contributed by atoms with Crippen molar-refractivity contribution in [2.24, 2.45) is 0 Å². The first-order chi connectivity index (χ1) is 54.7. The van der Waals surface area contributed by atoms with Gasteiger partial charge in [-0.25, -0.2) is 38.0 Å². The Bertz CT molecular complexity index is 5360. The first-order valence-electron chi connectivity index (χ1n) is 40.5. The molecule has 0 radical (unpaired) electrons. The molecule has 26 nitrogen and oxygen atoms in total. The van der Waals surface area contributed by atoms with E-state index in [2.05, 4.69) is 187 Å². The second kappa shape index (κ2) is 32.6. The van der Waals surface area contributed by atoms with Crippen LogP contribution in [0.1, 0.15) is 89.0 Å². The Kier molecular flexibility index (Phi) is 21.7. The third kappa shape index (κ3) is 16.5. The lowest BCUT2D eigenvalue weighted by molar-refractivity contribution is -0.0341. The molecule has 12 aromatic rings. The zero-order chi connectivity index (χ0) is 76.0. The summed E-state index contributed by atoms with van der Waals surface area (Å²) in [6, 6.07) is 37.7. The molecule has 9 aliphatic rings. The minimum absolute atomic E-state index is 0. The van der Waals surface area contributed by atoms with Crippen LogP contribution in [0.15, 0.2) is 147 Å². The van der Waals surface area contributed by atoms with Gasteiger partial charge in [0.15, 0.2) is 22.6 Å². The number of benzene rings is 4. The van der Waals surface area contributed by atoms with Crippen LogP contribution < -0.4 is 45.5 Å². The second-order valence-corrected chi connectivity index (χ2v) is 32.5. The molecule has 2 unspecified atom stereocenters. The van der Waals surface area contributed by atoms with Crippen molar-refractivity contribution in [1.82, 2.24) is 88.2 Å². The fraction of sp³-hybridized carbons (Fsp3) is 0.448. The number of anilines is 4. The van der Waals surface area contributed by atoms with E-state index >= 15 is 0 Å². The first kappa shape index (κ1) is 75.2. The molecule has 7 atom stereocenters. The molecule has 8 aliphatic heterocycles. The summed E-state index contributed by atoms with van der Waals surface area (Å²) in [6.07, 6.45) is 21.1. The summed E-state index contributed by atoms with van der Waals surface area (Å²) in [5.74, 6) is 7.23. The fourth-order valence-corrected chi connectivity index (χ4v) is 17.4. The molecule has 8 aromatic heterocycles. The quantitative estimate of drug-likeness (QED) is 0.103. The van der Waals surface area contributed by atoms with E-state index in [9.17, 15) is 0 Å². The number of hydrogen-bond donors (Lipinski definition) is 5. The Balaban J connectivity index is 0.000000109. The van der Waals surface area contributed by atoms with Gasteiger partial charge in [0.2, 0.25) is 0 Å². The molecule has 590 valence electrons. The Labute approximate surface area is 661 Å². The van der Waals surface area contributed by atoms with E-state index in [0.29, 0.717) is 44.0 Å². The van der Waals surface area contributed by atoms with Gasteiger partial charge in [-0.15, -0.1) is 5.10 Å². The van der Waals surface area contributed by atoms with Crippen molar-refractivity contribution in [2.45, 2.75) is 136 Å². The van der Waals surface area contributed by atoms with Gasteiger partial charge in [-0.05, 0) is 211 Å². The lowest BCUT2D eigenvalue weighted by Gasteiger charge is -2.51. The van der Waals surface area contributed by atoms with Gasteiger partial charge >= 0.3 is 0 Å². The predicted octanol–water partition coefficient (Wildman–Crippen LogP) is 12.2. The number of fused-ring (bicyclic) bond motifs is 22. The van der Waals surface area contributed by atoms with Crippen molar-refractivity contribution in [3.05, 3.63) is 169 Å². The largest absolute Gasteiger partial charge is 0.492 e. The molecular formula is C87H108N22O4. The molecule has 0 spiro atoms. The van der Waals surface area contributed by atoms with Gasteiger partial charge < -0.3 is 45.5 Å². The van der Waals surface area contributed by atoms with Crippen LogP contribution in [-0.4, -0.2) is 243 Å². The molecule has 5 fully saturated rings. The SMILES string of the molecule is C.Cc1ccc2cc1-c1cnc3ccc(nn13)NCCN1CCCC[C@H](C1)O2.Cc1ccc2cc1-c1cnn3ccc(nc13)NCCN1CC(C)(C)N(C3CC3)C[C@H]1CO2.Cc1ccc2cc1-c1cnn3ccc(nc13)NCCN1C[C@@H](C)NC[C@H]1CO2.Cc1ccc2cc1-c1cnn3ccc(nc13)N[C@@H]1CCN(CCO2)C1. The van der Waals surface area contributed by atoms with Gasteiger partial charge in [-0.3, -0.25) is 24.5 Å². The highest BCUT2D eigenvalue weighted by Crippen LogP contribution is 2.39. The van der Waals surface area contributed by atoms with E-state index < -0.39 is 0 Å². The molecule has 1 aliphatic carbocycles. The molecule has 21 rings (SSSR count). The van der Waals surface area contributed by atoms with E-state index in [1.54, 1.807) is 0 Å². The zero-order valence-electron chi connectivity index (χ0n) is 65.5. The van der Waals surface area contributed by atoms with Crippen LogP contribution in [0, 0.1) is 27.7 Å². The molecule has 5 N–H and O–H groups in total.